The summed E-state index contributed by atoms with van der Waals surface area (Å²) in [6.45, 7) is 3.76. The quantitative estimate of drug-likeness (QED) is 0.683. The van der Waals surface area contributed by atoms with Crippen molar-refractivity contribution in [1.82, 2.24) is 0 Å². The van der Waals surface area contributed by atoms with Crippen LogP contribution >= 0.6 is 0 Å². The molecule has 4 heteroatoms. The zero-order valence-corrected chi connectivity index (χ0v) is 12.0. The molecule has 0 aromatic carbocycles. The van der Waals surface area contributed by atoms with Gasteiger partial charge >= 0.3 is 33.3 Å². The topological polar surface area (TPSA) is 63.3 Å². The van der Waals surface area contributed by atoms with Crippen LogP contribution in [0.15, 0.2) is 0 Å². The SMILES string of the molecule is CCC(C)C(N)C(=O)O.[PbH2]. The Morgan fingerprint density at radius 3 is 2.20 bits per heavy atom. The molecule has 3 N–H and O–H groups in total. The summed E-state index contributed by atoms with van der Waals surface area (Å²) in [5, 5.41) is 8.36. The Bertz CT molecular complexity index is 108. The van der Waals surface area contributed by atoms with Crippen LogP contribution in [0, 0.1) is 5.92 Å². The Morgan fingerprint density at radius 2 is 2.10 bits per heavy atom. The van der Waals surface area contributed by atoms with E-state index in [9.17, 15) is 4.79 Å². The number of carboxylic acid groups (broad SMARTS) is 1. The molecule has 3 nitrogen and oxygen atoms in total. The van der Waals surface area contributed by atoms with Crippen LogP contribution in [0.1, 0.15) is 20.3 Å². The molecule has 0 fully saturated rings. The molecular formula is C6H15NO2Pb. The first-order valence-electron chi connectivity index (χ1n) is 3.08. The fraction of sp³-hybridized carbons (Fsp3) is 0.833. The molecule has 0 bridgehead atoms. The summed E-state index contributed by atoms with van der Waals surface area (Å²) in [5.41, 5.74) is 5.27. The average Bonchev–Trinajstić information content (AvgIpc) is 1.84. The summed E-state index contributed by atoms with van der Waals surface area (Å²) in [7, 11) is 0. The molecule has 0 saturated carbocycles. The van der Waals surface area contributed by atoms with E-state index in [-0.39, 0.29) is 33.2 Å². The summed E-state index contributed by atoms with van der Waals surface area (Å²) >= 11 is 0. The summed E-state index contributed by atoms with van der Waals surface area (Å²) in [6, 6.07) is -0.699. The van der Waals surface area contributed by atoms with Gasteiger partial charge in [-0.2, -0.15) is 0 Å². The van der Waals surface area contributed by atoms with E-state index in [0.29, 0.717) is 0 Å². The van der Waals surface area contributed by atoms with E-state index in [1.165, 1.54) is 0 Å². The van der Waals surface area contributed by atoms with Gasteiger partial charge in [0.1, 0.15) is 6.04 Å². The van der Waals surface area contributed by atoms with Gasteiger partial charge in [0.2, 0.25) is 0 Å². The van der Waals surface area contributed by atoms with Crippen molar-refractivity contribution >= 4 is 33.3 Å². The average molecular weight is 340 g/mol. The Balaban J connectivity index is 0. The van der Waals surface area contributed by atoms with Gasteiger partial charge in [-0.05, 0) is 5.92 Å². The zero-order valence-electron chi connectivity index (χ0n) is 6.50. The third kappa shape index (κ3) is 4.21. The molecule has 0 aliphatic rings. The summed E-state index contributed by atoms with van der Waals surface area (Å²) in [5.74, 6) is -0.841. The Labute approximate surface area is 81.1 Å². The molecule has 0 aromatic rings. The number of carbonyl (C=O) groups is 1. The second-order valence-electron chi connectivity index (χ2n) is 2.25. The summed E-state index contributed by atoms with van der Waals surface area (Å²) in [4.78, 5) is 10.2. The van der Waals surface area contributed by atoms with Crippen molar-refractivity contribution in [3.63, 3.8) is 0 Å². The van der Waals surface area contributed by atoms with Crippen LogP contribution < -0.4 is 5.73 Å². The predicted octanol–water partition coefficient (Wildman–Crippen LogP) is -0.472. The first kappa shape index (κ1) is 13.0. The predicted molar refractivity (Wildman–Crippen MR) is 43.6 cm³/mol. The van der Waals surface area contributed by atoms with E-state index < -0.39 is 12.0 Å². The van der Waals surface area contributed by atoms with Gasteiger partial charge in [-0.3, -0.25) is 4.79 Å². The van der Waals surface area contributed by atoms with Crippen molar-refractivity contribution in [2.45, 2.75) is 26.3 Å². The van der Waals surface area contributed by atoms with Crippen molar-refractivity contribution in [3.05, 3.63) is 0 Å². The molecule has 0 amide bonds. The van der Waals surface area contributed by atoms with Crippen LogP contribution in [-0.4, -0.2) is 44.4 Å². The van der Waals surface area contributed by atoms with Crippen LogP contribution in [0.5, 0.6) is 0 Å². The van der Waals surface area contributed by atoms with Gasteiger partial charge in [0, 0.05) is 0 Å². The van der Waals surface area contributed by atoms with Crippen LogP contribution in [0.25, 0.3) is 0 Å². The van der Waals surface area contributed by atoms with Crippen molar-refractivity contribution in [3.8, 4) is 0 Å². The fourth-order valence-electron chi connectivity index (χ4n) is 0.497. The number of carboxylic acids is 1. The standard InChI is InChI=1S/C6H13NO2.Pb.2H/c1-3-4(2)5(7)6(8)9;;;/h4-5H,3,7H2,1-2H3,(H,8,9);;;. The molecule has 0 rings (SSSR count). The second-order valence-corrected chi connectivity index (χ2v) is 2.25. The van der Waals surface area contributed by atoms with E-state index >= 15 is 0 Å². The number of aliphatic carboxylic acids is 1. The monoisotopic (exact) mass is 341 g/mol. The third-order valence-corrected chi connectivity index (χ3v) is 1.54. The Hall–Kier alpha value is 0.352. The first-order valence-corrected chi connectivity index (χ1v) is 3.08. The van der Waals surface area contributed by atoms with Gasteiger partial charge in [0.25, 0.3) is 0 Å². The molecule has 0 spiro atoms. The minimum atomic E-state index is -0.913. The van der Waals surface area contributed by atoms with Crippen LogP contribution in [0.2, 0.25) is 0 Å². The maximum atomic E-state index is 10.2. The zero-order chi connectivity index (χ0) is 7.44. The van der Waals surface area contributed by atoms with E-state index in [1.807, 2.05) is 13.8 Å². The number of hydrogen-bond donors (Lipinski definition) is 2. The third-order valence-electron chi connectivity index (χ3n) is 1.54. The number of hydrogen-bond acceptors (Lipinski definition) is 2. The molecule has 10 heavy (non-hydrogen) atoms. The van der Waals surface area contributed by atoms with E-state index in [2.05, 4.69) is 0 Å². The summed E-state index contributed by atoms with van der Waals surface area (Å²) < 4.78 is 0. The number of rotatable bonds is 3. The van der Waals surface area contributed by atoms with Gasteiger partial charge < -0.3 is 10.8 Å². The molecule has 2 radical (unpaired) electrons. The summed E-state index contributed by atoms with van der Waals surface area (Å²) in [6.07, 6.45) is 0.813. The van der Waals surface area contributed by atoms with Crippen molar-refractivity contribution in [1.29, 1.82) is 0 Å². The molecule has 0 aliphatic heterocycles. The van der Waals surface area contributed by atoms with Crippen molar-refractivity contribution in [2.75, 3.05) is 0 Å². The van der Waals surface area contributed by atoms with Gasteiger partial charge in [0.15, 0.2) is 0 Å². The molecule has 0 saturated heterocycles. The Morgan fingerprint density at radius 1 is 1.70 bits per heavy atom. The fourth-order valence-corrected chi connectivity index (χ4v) is 0.497. The van der Waals surface area contributed by atoms with Crippen LogP contribution in [0.3, 0.4) is 0 Å². The minimum absolute atomic E-state index is 0. The van der Waals surface area contributed by atoms with Crippen molar-refractivity contribution < 1.29 is 9.90 Å². The van der Waals surface area contributed by atoms with Gasteiger partial charge in [0.05, 0.1) is 0 Å². The van der Waals surface area contributed by atoms with E-state index in [0.717, 1.165) is 6.42 Å². The molecule has 2 unspecified atom stereocenters. The first-order chi connectivity index (χ1) is 4.09. The molecule has 2 atom stereocenters. The molecule has 60 valence electrons. The molecule has 0 aliphatic carbocycles. The van der Waals surface area contributed by atoms with Crippen molar-refractivity contribution in [2.24, 2.45) is 11.7 Å². The van der Waals surface area contributed by atoms with Gasteiger partial charge in [-0.25, -0.2) is 0 Å². The van der Waals surface area contributed by atoms with Crippen LogP contribution in [0.4, 0.5) is 0 Å². The van der Waals surface area contributed by atoms with E-state index in [4.69, 9.17) is 10.8 Å². The molecule has 0 heterocycles. The number of nitrogens with two attached hydrogens (primary N) is 1. The van der Waals surface area contributed by atoms with Gasteiger partial charge in [-0.1, -0.05) is 20.3 Å². The Kier molecular flexibility index (Phi) is 7.90. The maximum absolute atomic E-state index is 10.2. The van der Waals surface area contributed by atoms with E-state index in [1.54, 1.807) is 0 Å². The second kappa shape index (κ2) is 6.09. The van der Waals surface area contributed by atoms with Gasteiger partial charge in [-0.15, -0.1) is 0 Å². The van der Waals surface area contributed by atoms with Crippen LogP contribution in [-0.2, 0) is 4.79 Å². The normalized spacial score (nSPS) is 15.1. The molecular weight excluding hydrogens is 325 g/mol. The molecule has 0 aromatic heterocycles.